The number of fused-ring (bicyclic) bond motifs is 2. The van der Waals surface area contributed by atoms with E-state index in [1.165, 1.54) is 19.4 Å². The van der Waals surface area contributed by atoms with Crippen molar-refractivity contribution in [2.45, 2.75) is 68.9 Å². The van der Waals surface area contributed by atoms with Gasteiger partial charge in [0.15, 0.2) is 17.4 Å². The van der Waals surface area contributed by atoms with Crippen LogP contribution >= 0.6 is 0 Å². The number of hydrogen-bond donors (Lipinski definition) is 2. The van der Waals surface area contributed by atoms with Crippen molar-refractivity contribution < 1.29 is 18.6 Å². The van der Waals surface area contributed by atoms with E-state index in [-0.39, 0.29) is 35.4 Å². The van der Waals surface area contributed by atoms with Gasteiger partial charge in [0, 0.05) is 29.9 Å². The van der Waals surface area contributed by atoms with Gasteiger partial charge in [-0.2, -0.15) is 4.39 Å². The summed E-state index contributed by atoms with van der Waals surface area (Å²) in [7, 11) is 1.37. The van der Waals surface area contributed by atoms with Gasteiger partial charge in [0.2, 0.25) is 0 Å². The molecule has 1 saturated carbocycles. The van der Waals surface area contributed by atoms with Crippen molar-refractivity contribution in [3.8, 4) is 34.0 Å². The number of pyridine rings is 1. The Morgan fingerprint density at radius 3 is 2.64 bits per heavy atom. The van der Waals surface area contributed by atoms with E-state index < -0.39 is 12.1 Å². The molecule has 0 unspecified atom stereocenters. The van der Waals surface area contributed by atoms with Crippen LogP contribution < -0.4 is 15.0 Å². The zero-order chi connectivity index (χ0) is 24.8. The van der Waals surface area contributed by atoms with E-state index in [4.69, 9.17) is 4.74 Å². The highest BCUT2D eigenvalue weighted by Crippen LogP contribution is 2.39. The fourth-order valence-electron chi connectivity index (χ4n) is 5.57. The second-order valence-electron chi connectivity index (χ2n) is 9.88. The van der Waals surface area contributed by atoms with Crippen LogP contribution in [0.4, 0.5) is 14.6 Å². The molecule has 188 valence electrons. The normalized spacial score (nSPS) is 25.4. The van der Waals surface area contributed by atoms with Crippen LogP contribution in [0.1, 0.15) is 38.5 Å². The van der Waals surface area contributed by atoms with Crippen molar-refractivity contribution in [2.24, 2.45) is 0 Å². The first-order valence-electron chi connectivity index (χ1n) is 12.4. The average molecular weight is 495 g/mol. The van der Waals surface area contributed by atoms with E-state index in [1.807, 2.05) is 0 Å². The molecule has 10 heteroatoms. The lowest BCUT2D eigenvalue weighted by molar-refractivity contribution is 0.104. The highest BCUT2D eigenvalue weighted by molar-refractivity contribution is 5.73. The van der Waals surface area contributed by atoms with Crippen molar-refractivity contribution in [1.82, 2.24) is 25.5 Å². The number of halogens is 2. The number of rotatable bonds is 6. The number of hydrogen-bond acceptors (Lipinski definition) is 8. The number of methoxy groups -OCH3 is 1. The minimum atomic E-state index is -0.959. The Balaban J connectivity index is 1.25. The van der Waals surface area contributed by atoms with Gasteiger partial charge >= 0.3 is 0 Å². The lowest BCUT2D eigenvalue weighted by atomic mass is 9.82. The average Bonchev–Trinajstić information content (AvgIpc) is 3.73. The summed E-state index contributed by atoms with van der Waals surface area (Å²) >= 11 is 0. The number of benzene rings is 1. The van der Waals surface area contributed by atoms with Crippen molar-refractivity contribution in [2.75, 3.05) is 12.0 Å². The van der Waals surface area contributed by atoms with Crippen molar-refractivity contribution >= 4 is 5.82 Å². The second kappa shape index (κ2) is 9.24. The molecule has 1 aliphatic carbocycles. The molecule has 3 fully saturated rings. The molecular weight excluding hydrogens is 466 g/mol. The van der Waals surface area contributed by atoms with Crippen molar-refractivity contribution in [3.05, 3.63) is 42.6 Å². The van der Waals surface area contributed by atoms with E-state index in [2.05, 4.69) is 30.4 Å². The maximum absolute atomic E-state index is 15.4. The predicted molar refractivity (Wildman–Crippen MR) is 130 cm³/mol. The molecule has 2 bridgehead atoms. The molecule has 36 heavy (non-hydrogen) atoms. The zero-order valence-electron chi connectivity index (χ0n) is 19.9. The first-order valence-corrected chi connectivity index (χ1v) is 12.4. The number of aromatic hydroxyl groups is 1. The Morgan fingerprint density at radius 1 is 1.06 bits per heavy atom. The molecule has 0 spiro atoms. The zero-order valence-corrected chi connectivity index (χ0v) is 19.9. The summed E-state index contributed by atoms with van der Waals surface area (Å²) in [4.78, 5) is 10.3. The van der Waals surface area contributed by atoms with E-state index in [1.54, 1.807) is 24.4 Å². The summed E-state index contributed by atoms with van der Waals surface area (Å²) in [5, 5.41) is 22.9. The van der Waals surface area contributed by atoms with Gasteiger partial charge < -0.3 is 20.1 Å². The Bertz CT molecular complexity index is 1260. The van der Waals surface area contributed by atoms with Crippen LogP contribution in [0, 0.1) is 5.95 Å². The molecule has 1 aromatic carbocycles. The fourth-order valence-corrected chi connectivity index (χ4v) is 5.57. The monoisotopic (exact) mass is 494 g/mol. The van der Waals surface area contributed by atoms with Crippen molar-refractivity contribution in [3.63, 3.8) is 0 Å². The van der Waals surface area contributed by atoms with E-state index in [0.29, 0.717) is 28.6 Å². The number of ether oxygens (including phenoxy) is 1. The maximum atomic E-state index is 15.4. The van der Waals surface area contributed by atoms with Crippen LogP contribution in [0.15, 0.2) is 36.7 Å². The number of nitrogens with one attached hydrogen (secondary N) is 1. The number of phenols is 1. The molecule has 6 rings (SSSR count). The summed E-state index contributed by atoms with van der Waals surface area (Å²) in [6.07, 6.45) is 7.85. The Hall–Kier alpha value is -3.40. The summed E-state index contributed by atoms with van der Waals surface area (Å²) in [5.41, 5.74) is 1.65. The molecule has 2 aliphatic heterocycles. The number of nitrogens with zero attached hydrogens (tertiary/aromatic N) is 5. The molecule has 8 nitrogen and oxygen atoms in total. The van der Waals surface area contributed by atoms with Gasteiger partial charge in [0.25, 0.3) is 5.95 Å². The number of anilines is 1. The van der Waals surface area contributed by atoms with Crippen LogP contribution in [0.5, 0.6) is 11.5 Å². The highest BCUT2D eigenvalue weighted by Gasteiger charge is 2.46. The molecule has 3 aromatic rings. The lowest BCUT2D eigenvalue weighted by Crippen LogP contribution is -2.62. The molecule has 0 radical (unpaired) electrons. The third kappa shape index (κ3) is 4.23. The fraction of sp³-hybridized carbons (Fsp3) is 0.462. The smallest absolute Gasteiger partial charge is 0.255 e. The van der Waals surface area contributed by atoms with Gasteiger partial charge in [-0.25, -0.2) is 14.4 Å². The van der Waals surface area contributed by atoms with Gasteiger partial charge in [-0.1, -0.05) is 12.5 Å². The minimum absolute atomic E-state index is 0.0206. The highest BCUT2D eigenvalue weighted by atomic mass is 19.1. The van der Waals surface area contributed by atoms with Crippen LogP contribution in [-0.4, -0.2) is 62.7 Å². The number of alkyl halides is 1. The minimum Gasteiger partial charge on any atom is -0.507 e. The summed E-state index contributed by atoms with van der Waals surface area (Å²) in [6, 6.07) is 6.78. The van der Waals surface area contributed by atoms with Gasteiger partial charge in [-0.3, -0.25) is 0 Å². The van der Waals surface area contributed by atoms with Gasteiger partial charge in [0.05, 0.1) is 24.9 Å². The topological polar surface area (TPSA) is 96.3 Å². The maximum Gasteiger partial charge on any atom is 0.255 e. The van der Waals surface area contributed by atoms with Crippen LogP contribution in [0.3, 0.4) is 0 Å². The standard InChI is InChI=1S/C26H28F2N6O2/c1-36-22-10-15(12-29-25(22)28)14-5-8-18(21(35)9-14)26-30-13-23(32-33-26)34(17-6-7-17)20-11-16-3-2-4-19(31-16)24(20)27/h5,8-10,12-13,16-17,19-20,24,31,35H,2-4,6-7,11H2,1H3/t16-,19+,20+,24-/m0/s1. The summed E-state index contributed by atoms with van der Waals surface area (Å²) < 4.78 is 34.1. The molecular formula is C26H28F2N6O2. The van der Waals surface area contributed by atoms with Crippen LogP contribution in [0.25, 0.3) is 22.5 Å². The van der Waals surface area contributed by atoms with Crippen LogP contribution in [0.2, 0.25) is 0 Å². The molecule has 2 aromatic heterocycles. The largest absolute Gasteiger partial charge is 0.507 e. The third-order valence-corrected chi connectivity index (χ3v) is 7.51. The van der Waals surface area contributed by atoms with Crippen molar-refractivity contribution in [1.29, 1.82) is 0 Å². The first kappa shape index (κ1) is 23.0. The third-order valence-electron chi connectivity index (χ3n) is 7.51. The van der Waals surface area contributed by atoms with E-state index in [9.17, 15) is 9.50 Å². The Labute approximate surface area is 207 Å². The SMILES string of the molecule is COc1cc(-c2ccc(-c3ncc(N(C4CC4)[C@@H]4C[C@@H]5CCC[C@@H](N5)[C@@H]4F)nn3)c(O)c2)cnc1F. The molecule has 4 atom stereocenters. The van der Waals surface area contributed by atoms with Gasteiger partial charge in [-0.15, -0.1) is 10.2 Å². The Kier molecular flexibility index (Phi) is 5.91. The van der Waals surface area contributed by atoms with Gasteiger partial charge in [0.1, 0.15) is 11.9 Å². The quantitative estimate of drug-likeness (QED) is 0.496. The predicted octanol–water partition coefficient (Wildman–Crippen LogP) is 4.04. The molecule has 2 N–H and O–H groups in total. The molecule has 3 aliphatic rings. The lowest BCUT2D eigenvalue weighted by Gasteiger charge is -2.47. The van der Waals surface area contributed by atoms with E-state index in [0.717, 1.165) is 38.5 Å². The molecule has 0 amide bonds. The van der Waals surface area contributed by atoms with Crippen LogP contribution in [-0.2, 0) is 0 Å². The summed E-state index contributed by atoms with van der Waals surface area (Å²) in [6.45, 7) is 0. The van der Waals surface area contributed by atoms with E-state index >= 15 is 4.39 Å². The molecule has 4 heterocycles. The Morgan fingerprint density at radius 2 is 1.92 bits per heavy atom. The van der Waals surface area contributed by atoms with Gasteiger partial charge in [-0.05, 0) is 55.9 Å². The second-order valence-corrected chi connectivity index (χ2v) is 9.88. The summed E-state index contributed by atoms with van der Waals surface area (Å²) in [5.74, 6) is 0.127. The first-order chi connectivity index (χ1) is 17.5. The number of piperidine rings is 2. The molecule has 2 saturated heterocycles. The number of aromatic nitrogens is 4. The number of phenolic OH excluding ortho intramolecular Hbond substituents is 1.